The molecule has 0 unspecified atom stereocenters. The van der Waals surface area contributed by atoms with Crippen molar-refractivity contribution in [3.63, 3.8) is 0 Å². The van der Waals surface area contributed by atoms with Gasteiger partial charge in [0.05, 0.1) is 23.2 Å². The first kappa shape index (κ1) is 14.3. The van der Waals surface area contributed by atoms with Crippen molar-refractivity contribution in [2.24, 2.45) is 7.05 Å². The summed E-state index contributed by atoms with van der Waals surface area (Å²) in [6, 6.07) is 5.69. The van der Waals surface area contributed by atoms with E-state index in [9.17, 15) is 4.79 Å². The first-order valence-corrected chi connectivity index (χ1v) is 7.27. The number of hydrogen-bond donors (Lipinski definition) is 2. The number of aryl methyl sites for hydroxylation is 2. The maximum Gasteiger partial charge on any atom is 0.224 e. The molecule has 0 aliphatic heterocycles. The van der Waals surface area contributed by atoms with Crippen LogP contribution < -0.4 is 5.32 Å². The van der Waals surface area contributed by atoms with E-state index in [1.54, 1.807) is 6.33 Å². The molecule has 0 aliphatic carbocycles. The number of imidazole rings is 1. The molecule has 2 heterocycles. The van der Waals surface area contributed by atoms with Gasteiger partial charge in [0, 0.05) is 19.2 Å². The fourth-order valence-corrected chi connectivity index (χ4v) is 2.70. The smallest absolute Gasteiger partial charge is 0.224 e. The van der Waals surface area contributed by atoms with Gasteiger partial charge in [0.15, 0.2) is 0 Å². The molecule has 3 aromatic rings. The zero-order valence-electron chi connectivity index (χ0n) is 13.0. The van der Waals surface area contributed by atoms with E-state index in [1.807, 2.05) is 43.8 Å². The van der Waals surface area contributed by atoms with Crippen LogP contribution in [0.1, 0.15) is 23.4 Å². The molecule has 0 spiro atoms. The SMILES string of the molecule is Cc1nn(C)c(C)c1CCC(=O)Nc1cccc2[nH]cnc12. The third kappa shape index (κ3) is 2.59. The predicted octanol–water partition coefficient (Wildman–Crippen LogP) is 2.48. The Bertz CT molecular complexity index is 830. The number of benzene rings is 1. The number of amides is 1. The van der Waals surface area contributed by atoms with Crippen molar-refractivity contribution >= 4 is 22.6 Å². The lowest BCUT2D eigenvalue weighted by Gasteiger charge is -2.06. The van der Waals surface area contributed by atoms with E-state index in [2.05, 4.69) is 20.4 Å². The van der Waals surface area contributed by atoms with Crippen LogP contribution in [0.5, 0.6) is 0 Å². The highest BCUT2D eigenvalue weighted by Crippen LogP contribution is 2.20. The molecule has 0 radical (unpaired) electrons. The highest BCUT2D eigenvalue weighted by atomic mass is 16.1. The molecule has 6 nitrogen and oxygen atoms in total. The van der Waals surface area contributed by atoms with Crippen LogP contribution in [0.2, 0.25) is 0 Å². The lowest BCUT2D eigenvalue weighted by molar-refractivity contribution is -0.116. The number of nitrogens with zero attached hydrogens (tertiary/aromatic N) is 3. The third-order valence-corrected chi connectivity index (χ3v) is 3.98. The molecule has 0 bridgehead atoms. The number of fused-ring (bicyclic) bond motifs is 1. The highest BCUT2D eigenvalue weighted by molar-refractivity contribution is 5.99. The normalized spacial score (nSPS) is 11.0. The van der Waals surface area contributed by atoms with Crippen molar-refractivity contribution in [3.8, 4) is 0 Å². The topological polar surface area (TPSA) is 75.6 Å². The number of para-hydroxylation sites is 1. The van der Waals surface area contributed by atoms with Crippen LogP contribution >= 0.6 is 0 Å². The monoisotopic (exact) mass is 297 g/mol. The lowest BCUT2D eigenvalue weighted by Crippen LogP contribution is -2.13. The molecule has 0 aliphatic rings. The Hall–Kier alpha value is -2.63. The standard InChI is InChI=1S/C16H19N5O/c1-10-12(11(2)21(3)20-10)7-8-15(22)19-14-6-4-5-13-16(14)18-9-17-13/h4-6,9H,7-8H2,1-3H3,(H,17,18)(H,19,22). The Morgan fingerprint density at radius 1 is 1.36 bits per heavy atom. The van der Waals surface area contributed by atoms with E-state index in [0.717, 1.165) is 33.7 Å². The van der Waals surface area contributed by atoms with Crippen molar-refractivity contribution < 1.29 is 4.79 Å². The molecular weight excluding hydrogens is 278 g/mol. The zero-order chi connectivity index (χ0) is 15.7. The predicted molar refractivity (Wildman–Crippen MR) is 85.7 cm³/mol. The molecule has 0 saturated carbocycles. The second kappa shape index (κ2) is 5.63. The molecule has 22 heavy (non-hydrogen) atoms. The molecule has 1 aromatic carbocycles. The van der Waals surface area contributed by atoms with E-state index >= 15 is 0 Å². The second-order valence-corrected chi connectivity index (χ2v) is 5.43. The summed E-state index contributed by atoms with van der Waals surface area (Å²) in [5.41, 5.74) is 5.68. The fourth-order valence-electron chi connectivity index (χ4n) is 2.70. The molecular formula is C16H19N5O. The van der Waals surface area contributed by atoms with Crippen molar-refractivity contribution in [3.05, 3.63) is 41.5 Å². The van der Waals surface area contributed by atoms with Crippen LogP contribution in [-0.2, 0) is 18.3 Å². The van der Waals surface area contributed by atoms with Gasteiger partial charge in [-0.2, -0.15) is 5.10 Å². The Morgan fingerprint density at radius 2 is 2.18 bits per heavy atom. The number of carbonyl (C=O) groups excluding carboxylic acids is 1. The molecule has 1 amide bonds. The minimum atomic E-state index is -0.0156. The molecule has 0 saturated heterocycles. The number of hydrogen-bond acceptors (Lipinski definition) is 3. The van der Waals surface area contributed by atoms with Gasteiger partial charge in [-0.15, -0.1) is 0 Å². The maximum absolute atomic E-state index is 12.2. The molecule has 0 atom stereocenters. The number of rotatable bonds is 4. The minimum Gasteiger partial charge on any atom is -0.345 e. The summed E-state index contributed by atoms with van der Waals surface area (Å²) in [5, 5.41) is 7.32. The second-order valence-electron chi connectivity index (χ2n) is 5.43. The quantitative estimate of drug-likeness (QED) is 0.777. The molecule has 6 heteroatoms. The third-order valence-electron chi connectivity index (χ3n) is 3.98. The Morgan fingerprint density at radius 3 is 2.91 bits per heavy atom. The molecule has 114 valence electrons. The molecule has 3 rings (SSSR count). The van der Waals surface area contributed by atoms with Gasteiger partial charge in [-0.25, -0.2) is 4.98 Å². The average molecular weight is 297 g/mol. The summed E-state index contributed by atoms with van der Waals surface area (Å²) in [7, 11) is 1.92. The fraction of sp³-hybridized carbons (Fsp3) is 0.312. The van der Waals surface area contributed by atoms with Crippen LogP contribution in [0.15, 0.2) is 24.5 Å². The maximum atomic E-state index is 12.2. The van der Waals surface area contributed by atoms with Gasteiger partial charge in [-0.05, 0) is 38.0 Å². The van der Waals surface area contributed by atoms with Gasteiger partial charge >= 0.3 is 0 Å². The highest BCUT2D eigenvalue weighted by Gasteiger charge is 2.12. The molecule has 0 fully saturated rings. The number of nitrogens with one attached hydrogen (secondary N) is 2. The average Bonchev–Trinajstić information content (AvgIpc) is 3.04. The van der Waals surface area contributed by atoms with E-state index in [0.29, 0.717) is 12.8 Å². The number of carbonyl (C=O) groups is 1. The van der Waals surface area contributed by atoms with E-state index in [4.69, 9.17) is 0 Å². The van der Waals surface area contributed by atoms with Gasteiger partial charge in [-0.3, -0.25) is 9.48 Å². The summed E-state index contributed by atoms with van der Waals surface area (Å²) >= 11 is 0. The molecule has 2 aromatic heterocycles. The van der Waals surface area contributed by atoms with Crippen molar-refractivity contribution in [1.29, 1.82) is 0 Å². The van der Waals surface area contributed by atoms with Gasteiger partial charge in [0.25, 0.3) is 0 Å². The van der Waals surface area contributed by atoms with Crippen LogP contribution in [0.3, 0.4) is 0 Å². The summed E-state index contributed by atoms with van der Waals surface area (Å²) in [6.07, 6.45) is 2.74. The van der Waals surface area contributed by atoms with E-state index in [-0.39, 0.29) is 5.91 Å². The Kier molecular flexibility index (Phi) is 3.66. The Labute approximate surface area is 128 Å². The van der Waals surface area contributed by atoms with Crippen molar-refractivity contribution in [2.45, 2.75) is 26.7 Å². The summed E-state index contributed by atoms with van der Waals surface area (Å²) in [6.45, 7) is 4.00. The summed E-state index contributed by atoms with van der Waals surface area (Å²) in [4.78, 5) is 19.5. The lowest BCUT2D eigenvalue weighted by atomic mass is 10.1. The Balaban J connectivity index is 1.69. The first-order valence-electron chi connectivity index (χ1n) is 7.27. The van der Waals surface area contributed by atoms with Gasteiger partial charge in [0.1, 0.15) is 5.52 Å². The van der Waals surface area contributed by atoms with Crippen molar-refractivity contribution in [1.82, 2.24) is 19.7 Å². The number of anilines is 1. The number of H-pyrrole nitrogens is 1. The van der Waals surface area contributed by atoms with Crippen LogP contribution in [0, 0.1) is 13.8 Å². The number of aromatic amines is 1. The van der Waals surface area contributed by atoms with Crippen LogP contribution in [0.4, 0.5) is 5.69 Å². The first-order chi connectivity index (χ1) is 10.6. The summed E-state index contributed by atoms with van der Waals surface area (Å²) in [5.74, 6) is -0.0156. The summed E-state index contributed by atoms with van der Waals surface area (Å²) < 4.78 is 1.85. The van der Waals surface area contributed by atoms with Crippen molar-refractivity contribution in [2.75, 3.05) is 5.32 Å². The van der Waals surface area contributed by atoms with E-state index in [1.165, 1.54) is 0 Å². The number of aromatic nitrogens is 4. The van der Waals surface area contributed by atoms with Gasteiger partial charge in [-0.1, -0.05) is 6.07 Å². The van der Waals surface area contributed by atoms with Crippen LogP contribution in [0.25, 0.3) is 11.0 Å². The van der Waals surface area contributed by atoms with Crippen LogP contribution in [-0.4, -0.2) is 25.7 Å². The molecule has 2 N–H and O–H groups in total. The zero-order valence-corrected chi connectivity index (χ0v) is 13.0. The largest absolute Gasteiger partial charge is 0.345 e. The van der Waals surface area contributed by atoms with Gasteiger partial charge in [0.2, 0.25) is 5.91 Å². The van der Waals surface area contributed by atoms with Gasteiger partial charge < -0.3 is 10.3 Å². The minimum absolute atomic E-state index is 0.0156. The van der Waals surface area contributed by atoms with E-state index < -0.39 is 0 Å².